The summed E-state index contributed by atoms with van der Waals surface area (Å²) in [6.45, 7) is 1.88. The number of hydrogen-bond donors (Lipinski definition) is 2. The number of carboxylic acid groups (broad SMARTS) is 1. The van der Waals surface area contributed by atoms with Crippen LogP contribution in [0.4, 0.5) is 10.1 Å². The zero-order chi connectivity index (χ0) is 11.7. The number of hydrogen-bond acceptors (Lipinski definition) is 2. The van der Waals surface area contributed by atoms with Crippen molar-refractivity contribution >= 4 is 11.7 Å². The first-order valence-electron chi connectivity index (χ1n) is 5.33. The first-order valence-corrected chi connectivity index (χ1v) is 5.33. The van der Waals surface area contributed by atoms with E-state index in [0.717, 1.165) is 12.0 Å². The number of aliphatic carboxylic acids is 1. The van der Waals surface area contributed by atoms with Gasteiger partial charge < -0.3 is 10.4 Å². The van der Waals surface area contributed by atoms with Gasteiger partial charge in [-0.3, -0.25) is 4.79 Å². The van der Waals surface area contributed by atoms with Gasteiger partial charge in [-0.05, 0) is 37.5 Å². The number of rotatable bonds is 3. The summed E-state index contributed by atoms with van der Waals surface area (Å²) >= 11 is 0. The molecule has 16 heavy (non-hydrogen) atoms. The van der Waals surface area contributed by atoms with Crippen LogP contribution < -0.4 is 5.32 Å². The number of carboxylic acids is 1. The molecule has 3 nitrogen and oxygen atoms in total. The Morgan fingerprint density at radius 2 is 2.25 bits per heavy atom. The van der Waals surface area contributed by atoms with Crippen LogP contribution in [-0.4, -0.2) is 17.1 Å². The van der Waals surface area contributed by atoms with E-state index in [4.69, 9.17) is 5.11 Å². The number of aryl methyl sites for hydroxylation is 1. The highest BCUT2D eigenvalue weighted by atomic mass is 19.1. The fraction of sp³-hybridized carbons (Fsp3) is 0.417. The Labute approximate surface area is 93.3 Å². The van der Waals surface area contributed by atoms with E-state index in [-0.39, 0.29) is 17.8 Å². The van der Waals surface area contributed by atoms with Crippen LogP contribution in [0.1, 0.15) is 18.4 Å². The van der Waals surface area contributed by atoms with Crippen LogP contribution in [0.3, 0.4) is 0 Å². The second-order valence-electron chi connectivity index (χ2n) is 4.26. The molecule has 0 bridgehead atoms. The summed E-state index contributed by atoms with van der Waals surface area (Å²) in [7, 11) is 0. The first-order chi connectivity index (χ1) is 7.58. The predicted molar refractivity (Wildman–Crippen MR) is 58.9 cm³/mol. The molecule has 0 spiro atoms. The van der Waals surface area contributed by atoms with Gasteiger partial charge in [-0.2, -0.15) is 0 Å². The molecular formula is C12H14FNO2. The molecule has 0 saturated heterocycles. The van der Waals surface area contributed by atoms with E-state index in [0.29, 0.717) is 12.1 Å². The average molecular weight is 223 g/mol. The molecule has 2 N–H and O–H groups in total. The van der Waals surface area contributed by atoms with Gasteiger partial charge in [0.25, 0.3) is 0 Å². The summed E-state index contributed by atoms with van der Waals surface area (Å²) in [5.74, 6) is -1.53. The number of anilines is 1. The Balaban J connectivity index is 2.09. The molecule has 1 aromatic carbocycles. The normalized spacial score (nSPS) is 23.6. The molecule has 0 aliphatic heterocycles. The van der Waals surface area contributed by atoms with E-state index in [1.807, 2.05) is 6.92 Å². The average Bonchev–Trinajstić information content (AvgIpc) is 2.16. The highest BCUT2D eigenvalue weighted by Crippen LogP contribution is 2.31. The molecule has 0 aromatic heterocycles. The van der Waals surface area contributed by atoms with E-state index in [9.17, 15) is 9.18 Å². The van der Waals surface area contributed by atoms with Crippen molar-refractivity contribution in [3.63, 3.8) is 0 Å². The predicted octanol–water partition coefficient (Wildman–Crippen LogP) is 2.41. The highest BCUT2D eigenvalue weighted by molar-refractivity contribution is 5.73. The van der Waals surface area contributed by atoms with Crippen molar-refractivity contribution in [1.82, 2.24) is 0 Å². The van der Waals surface area contributed by atoms with Crippen molar-refractivity contribution in [2.75, 3.05) is 5.32 Å². The summed E-state index contributed by atoms with van der Waals surface area (Å²) in [5.41, 5.74) is 1.35. The smallest absolute Gasteiger partial charge is 0.308 e. The van der Waals surface area contributed by atoms with Crippen LogP contribution in [0.15, 0.2) is 18.2 Å². The molecule has 1 aliphatic rings. The maximum atomic E-state index is 13.4. The van der Waals surface area contributed by atoms with Gasteiger partial charge in [0.2, 0.25) is 0 Å². The van der Waals surface area contributed by atoms with Gasteiger partial charge in [0.05, 0.1) is 11.6 Å². The second-order valence-corrected chi connectivity index (χ2v) is 4.26. The monoisotopic (exact) mass is 223 g/mol. The number of benzene rings is 1. The Hall–Kier alpha value is -1.58. The third-order valence-electron chi connectivity index (χ3n) is 3.05. The van der Waals surface area contributed by atoms with E-state index < -0.39 is 5.97 Å². The summed E-state index contributed by atoms with van der Waals surface area (Å²) in [6.07, 6.45) is 1.45. The Morgan fingerprint density at radius 1 is 1.50 bits per heavy atom. The standard InChI is InChI=1S/C12H14FNO2/c1-7-2-4-9(13)11(6-7)14-10-5-3-8(10)12(15)16/h2,4,6,8,10,14H,3,5H2,1H3,(H,15,16). The summed E-state index contributed by atoms with van der Waals surface area (Å²) in [5, 5.41) is 11.8. The number of nitrogens with one attached hydrogen (secondary N) is 1. The molecule has 0 radical (unpaired) electrons. The minimum Gasteiger partial charge on any atom is -0.481 e. The van der Waals surface area contributed by atoms with E-state index >= 15 is 0 Å². The van der Waals surface area contributed by atoms with Crippen molar-refractivity contribution in [2.24, 2.45) is 5.92 Å². The lowest BCUT2D eigenvalue weighted by molar-refractivity contribution is -0.144. The lowest BCUT2D eigenvalue weighted by Gasteiger charge is -2.34. The van der Waals surface area contributed by atoms with Crippen molar-refractivity contribution in [3.8, 4) is 0 Å². The van der Waals surface area contributed by atoms with Gasteiger partial charge in [-0.1, -0.05) is 6.07 Å². The fourth-order valence-electron chi connectivity index (χ4n) is 1.92. The second kappa shape index (κ2) is 4.12. The third kappa shape index (κ3) is 2.01. The van der Waals surface area contributed by atoms with Crippen LogP contribution in [-0.2, 0) is 4.79 Å². The van der Waals surface area contributed by atoms with Gasteiger partial charge in [0.1, 0.15) is 5.82 Å². The first kappa shape index (κ1) is 10.9. The molecule has 86 valence electrons. The van der Waals surface area contributed by atoms with Crippen LogP contribution >= 0.6 is 0 Å². The third-order valence-corrected chi connectivity index (χ3v) is 3.05. The van der Waals surface area contributed by atoms with Gasteiger partial charge >= 0.3 is 5.97 Å². The lowest BCUT2D eigenvalue weighted by Crippen LogP contribution is -2.43. The van der Waals surface area contributed by atoms with Gasteiger partial charge in [-0.15, -0.1) is 0 Å². The van der Waals surface area contributed by atoms with Crippen molar-refractivity contribution in [1.29, 1.82) is 0 Å². The molecule has 2 atom stereocenters. The Kier molecular flexibility index (Phi) is 2.81. The Morgan fingerprint density at radius 3 is 2.81 bits per heavy atom. The Bertz CT molecular complexity index is 419. The van der Waals surface area contributed by atoms with E-state index in [1.54, 1.807) is 12.1 Å². The summed E-state index contributed by atoms with van der Waals surface area (Å²) in [4.78, 5) is 10.8. The fourth-order valence-corrected chi connectivity index (χ4v) is 1.92. The molecule has 1 fully saturated rings. The maximum absolute atomic E-state index is 13.4. The largest absolute Gasteiger partial charge is 0.481 e. The van der Waals surface area contributed by atoms with Crippen LogP contribution in [0.5, 0.6) is 0 Å². The molecule has 4 heteroatoms. The quantitative estimate of drug-likeness (QED) is 0.827. The summed E-state index contributed by atoms with van der Waals surface area (Å²) in [6, 6.07) is 4.64. The van der Waals surface area contributed by atoms with Gasteiger partial charge in [-0.25, -0.2) is 4.39 Å². The molecule has 2 unspecified atom stereocenters. The van der Waals surface area contributed by atoms with Crippen LogP contribution in [0, 0.1) is 18.7 Å². The number of halogens is 1. The van der Waals surface area contributed by atoms with Crippen LogP contribution in [0.2, 0.25) is 0 Å². The minimum absolute atomic E-state index is 0.145. The van der Waals surface area contributed by atoms with Crippen LogP contribution in [0.25, 0.3) is 0 Å². The molecule has 0 heterocycles. The lowest BCUT2D eigenvalue weighted by atomic mass is 9.79. The molecule has 0 amide bonds. The molecule has 1 aliphatic carbocycles. The molecule has 2 rings (SSSR count). The number of carbonyl (C=O) groups is 1. The zero-order valence-electron chi connectivity index (χ0n) is 9.03. The van der Waals surface area contributed by atoms with Gasteiger partial charge in [0, 0.05) is 6.04 Å². The van der Waals surface area contributed by atoms with Crippen molar-refractivity contribution in [2.45, 2.75) is 25.8 Å². The van der Waals surface area contributed by atoms with Gasteiger partial charge in [0.15, 0.2) is 0 Å². The molecule has 1 aromatic rings. The van der Waals surface area contributed by atoms with E-state index in [2.05, 4.69) is 5.32 Å². The van der Waals surface area contributed by atoms with Crippen molar-refractivity contribution < 1.29 is 14.3 Å². The maximum Gasteiger partial charge on any atom is 0.308 e. The van der Waals surface area contributed by atoms with Crippen molar-refractivity contribution in [3.05, 3.63) is 29.6 Å². The topological polar surface area (TPSA) is 49.3 Å². The molecular weight excluding hydrogens is 209 g/mol. The summed E-state index contributed by atoms with van der Waals surface area (Å²) < 4.78 is 13.4. The highest BCUT2D eigenvalue weighted by Gasteiger charge is 2.36. The van der Waals surface area contributed by atoms with E-state index in [1.165, 1.54) is 6.07 Å². The minimum atomic E-state index is -0.809. The zero-order valence-corrected chi connectivity index (χ0v) is 9.03. The molecule has 1 saturated carbocycles. The SMILES string of the molecule is Cc1ccc(F)c(NC2CCC2C(=O)O)c1.